The van der Waals surface area contributed by atoms with Crippen molar-refractivity contribution in [3.05, 3.63) is 65.0 Å². The Hall–Kier alpha value is -1.87. The molecule has 1 unspecified atom stereocenters. The van der Waals surface area contributed by atoms with Crippen molar-refractivity contribution >= 4 is 5.69 Å². The Morgan fingerprint density at radius 1 is 1.11 bits per heavy atom. The summed E-state index contributed by atoms with van der Waals surface area (Å²) >= 11 is 0. The summed E-state index contributed by atoms with van der Waals surface area (Å²) in [6.45, 7) is 4.32. The van der Waals surface area contributed by atoms with Crippen LogP contribution in [0.25, 0.3) is 0 Å². The van der Waals surface area contributed by atoms with Crippen molar-refractivity contribution in [3.63, 3.8) is 0 Å². The molecule has 0 radical (unpaired) electrons. The molecule has 3 heteroatoms. The van der Waals surface area contributed by atoms with E-state index >= 15 is 0 Å². The lowest BCUT2D eigenvalue weighted by Crippen LogP contribution is -2.13. The molecular weight excluding hydrogens is 241 g/mol. The maximum Gasteiger partial charge on any atom is 0.146 e. The number of aryl methyl sites for hydroxylation is 2. The lowest BCUT2D eigenvalue weighted by atomic mass is 10.0. The van der Waals surface area contributed by atoms with Crippen molar-refractivity contribution in [2.24, 2.45) is 0 Å². The van der Waals surface area contributed by atoms with Crippen molar-refractivity contribution < 1.29 is 9.50 Å². The number of hydrogen-bond donors (Lipinski definition) is 2. The molecule has 0 fully saturated rings. The molecule has 2 nitrogen and oxygen atoms in total. The minimum Gasteiger partial charge on any atom is -0.387 e. The van der Waals surface area contributed by atoms with E-state index in [0.717, 1.165) is 11.1 Å². The summed E-state index contributed by atoms with van der Waals surface area (Å²) in [5.41, 5.74) is 3.58. The molecule has 100 valence electrons. The van der Waals surface area contributed by atoms with Gasteiger partial charge in [0.2, 0.25) is 0 Å². The van der Waals surface area contributed by atoms with Crippen LogP contribution < -0.4 is 5.32 Å². The number of aliphatic hydroxyl groups excluding tert-OH is 1. The van der Waals surface area contributed by atoms with Gasteiger partial charge in [0.15, 0.2) is 0 Å². The number of anilines is 1. The normalized spacial score (nSPS) is 12.2. The van der Waals surface area contributed by atoms with Crippen LogP contribution in [0.2, 0.25) is 0 Å². The van der Waals surface area contributed by atoms with Gasteiger partial charge in [-0.05, 0) is 42.7 Å². The number of halogens is 1. The van der Waals surface area contributed by atoms with Crippen molar-refractivity contribution in [1.82, 2.24) is 0 Å². The highest BCUT2D eigenvalue weighted by atomic mass is 19.1. The van der Waals surface area contributed by atoms with E-state index in [0.29, 0.717) is 5.69 Å². The first-order valence-corrected chi connectivity index (χ1v) is 6.31. The molecule has 19 heavy (non-hydrogen) atoms. The number of para-hydroxylation sites is 1. The van der Waals surface area contributed by atoms with E-state index in [1.54, 1.807) is 18.2 Å². The van der Waals surface area contributed by atoms with E-state index in [9.17, 15) is 9.50 Å². The third-order valence-corrected chi connectivity index (χ3v) is 3.28. The predicted octanol–water partition coefficient (Wildman–Crippen LogP) is 3.59. The van der Waals surface area contributed by atoms with Crippen LogP contribution >= 0.6 is 0 Å². The SMILES string of the molecule is Cc1ccc(C(O)CNc2ccccc2F)cc1C. The summed E-state index contributed by atoms with van der Waals surface area (Å²) in [6.07, 6.45) is -0.654. The summed E-state index contributed by atoms with van der Waals surface area (Å²) in [4.78, 5) is 0. The zero-order valence-electron chi connectivity index (χ0n) is 11.2. The third-order valence-electron chi connectivity index (χ3n) is 3.28. The topological polar surface area (TPSA) is 32.3 Å². The minimum absolute atomic E-state index is 0.281. The van der Waals surface area contributed by atoms with Crippen LogP contribution in [0.4, 0.5) is 10.1 Å². The average Bonchev–Trinajstić information content (AvgIpc) is 2.40. The summed E-state index contributed by atoms with van der Waals surface area (Å²) in [6, 6.07) is 12.3. The molecule has 0 bridgehead atoms. The third kappa shape index (κ3) is 3.32. The van der Waals surface area contributed by atoms with Crippen LogP contribution in [0.3, 0.4) is 0 Å². The van der Waals surface area contributed by atoms with E-state index in [2.05, 4.69) is 5.32 Å². The molecule has 2 rings (SSSR count). The molecule has 0 saturated carbocycles. The second kappa shape index (κ2) is 5.85. The van der Waals surface area contributed by atoms with Gasteiger partial charge in [-0.3, -0.25) is 0 Å². The summed E-state index contributed by atoms with van der Waals surface area (Å²) in [5, 5.41) is 13.0. The van der Waals surface area contributed by atoms with Crippen molar-refractivity contribution in [2.45, 2.75) is 20.0 Å². The second-order valence-corrected chi connectivity index (χ2v) is 4.72. The number of nitrogens with one attached hydrogen (secondary N) is 1. The first-order valence-electron chi connectivity index (χ1n) is 6.31. The monoisotopic (exact) mass is 259 g/mol. The molecule has 0 spiro atoms. The Labute approximate surface area is 112 Å². The van der Waals surface area contributed by atoms with Crippen LogP contribution in [0.1, 0.15) is 22.8 Å². The van der Waals surface area contributed by atoms with Crippen molar-refractivity contribution in [3.8, 4) is 0 Å². The molecule has 0 amide bonds. The van der Waals surface area contributed by atoms with Gasteiger partial charge in [0.25, 0.3) is 0 Å². The molecule has 2 aromatic rings. The van der Waals surface area contributed by atoms with Gasteiger partial charge in [0.05, 0.1) is 11.8 Å². The maximum absolute atomic E-state index is 13.4. The Morgan fingerprint density at radius 2 is 1.84 bits per heavy atom. The summed E-state index contributed by atoms with van der Waals surface area (Å²) < 4.78 is 13.4. The first-order chi connectivity index (χ1) is 9.08. The van der Waals surface area contributed by atoms with E-state index in [4.69, 9.17) is 0 Å². The van der Waals surface area contributed by atoms with Gasteiger partial charge in [0.1, 0.15) is 5.82 Å². The molecule has 2 aromatic carbocycles. The van der Waals surface area contributed by atoms with Gasteiger partial charge in [-0.2, -0.15) is 0 Å². The van der Waals surface area contributed by atoms with Gasteiger partial charge < -0.3 is 10.4 Å². The van der Waals surface area contributed by atoms with Crippen LogP contribution in [0.15, 0.2) is 42.5 Å². The Kier molecular flexibility index (Phi) is 4.17. The lowest BCUT2D eigenvalue weighted by Gasteiger charge is -2.15. The highest BCUT2D eigenvalue weighted by Crippen LogP contribution is 2.19. The average molecular weight is 259 g/mol. The molecule has 0 aliphatic rings. The molecule has 1 atom stereocenters. The highest BCUT2D eigenvalue weighted by molar-refractivity contribution is 5.44. The van der Waals surface area contributed by atoms with Crippen LogP contribution in [-0.2, 0) is 0 Å². The van der Waals surface area contributed by atoms with Gasteiger partial charge in [0, 0.05) is 6.54 Å². The van der Waals surface area contributed by atoms with Crippen molar-refractivity contribution in [1.29, 1.82) is 0 Å². The molecule has 0 aliphatic carbocycles. The van der Waals surface area contributed by atoms with Crippen LogP contribution in [0, 0.1) is 19.7 Å². The van der Waals surface area contributed by atoms with Crippen LogP contribution in [-0.4, -0.2) is 11.7 Å². The number of benzene rings is 2. The fourth-order valence-corrected chi connectivity index (χ4v) is 1.90. The fourth-order valence-electron chi connectivity index (χ4n) is 1.90. The maximum atomic E-state index is 13.4. The highest BCUT2D eigenvalue weighted by Gasteiger charge is 2.09. The Balaban J connectivity index is 2.03. The molecule has 0 heterocycles. The molecule has 0 aromatic heterocycles. The largest absolute Gasteiger partial charge is 0.387 e. The smallest absolute Gasteiger partial charge is 0.146 e. The second-order valence-electron chi connectivity index (χ2n) is 4.72. The Morgan fingerprint density at radius 3 is 2.53 bits per heavy atom. The zero-order valence-corrected chi connectivity index (χ0v) is 11.2. The summed E-state index contributed by atoms with van der Waals surface area (Å²) in [7, 11) is 0. The standard InChI is InChI=1S/C16H18FNO/c1-11-7-8-13(9-12(11)2)16(19)10-18-15-6-4-3-5-14(15)17/h3-9,16,18-19H,10H2,1-2H3. The lowest BCUT2D eigenvalue weighted by molar-refractivity contribution is 0.191. The molecule has 0 aliphatic heterocycles. The van der Waals surface area contributed by atoms with E-state index in [1.807, 2.05) is 32.0 Å². The van der Waals surface area contributed by atoms with Crippen molar-refractivity contribution in [2.75, 3.05) is 11.9 Å². The number of aliphatic hydroxyl groups is 1. The van der Waals surface area contributed by atoms with E-state index in [-0.39, 0.29) is 12.4 Å². The quantitative estimate of drug-likeness (QED) is 0.879. The van der Waals surface area contributed by atoms with Gasteiger partial charge in [-0.1, -0.05) is 30.3 Å². The van der Waals surface area contributed by atoms with Gasteiger partial charge >= 0.3 is 0 Å². The predicted molar refractivity (Wildman–Crippen MR) is 75.8 cm³/mol. The molecular formula is C16H18FNO. The van der Waals surface area contributed by atoms with Gasteiger partial charge in [-0.15, -0.1) is 0 Å². The number of rotatable bonds is 4. The molecule has 2 N–H and O–H groups in total. The summed E-state index contributed by atoms with van der Waals surface area (Å²) in [5.74, 6) is -0.310. The van der Waals surface area contributed by atoms with E-state index < -0.39 is 6.10 Å². The fraction of sp³-hybridized carbons (Fsp3) is 0.250. The van der Waals surface area contributed by atoms with E-state index in [1.165, 1.54) is 11.6 Å². The number of hydrogen-bond acceptors (Lipinski definition) is 2. The van der Waals surface area contributed by atoms with Crippen LogP contribution in [0.5, 0.6) is 0 Å². The first kappa shape index (κ1) is 13.6. The minimum atomic E-state index is -0.654. The molecule has 0 saturated heterocycles. The van der Waals surface area contributed by atoms with Gasteiger partial charge in [-0.25, -0.2) is 4.39 Å². The zero-order chi connectivity index (χ0) is 13.8. The Bertz CT molecular complexity index is 568.